The van der Waals surface area contributed by atoms with Gasteiger partial charge in [-0.25, -0.2) is 8.42 Å². The number of fused-ring (bicyclic) bond motifs is 1. The van der Waals surface area contributed by atoms with Crippen LogP contribution in [-0.4, -0.2) is 38.4 Å². The van der Waals surface area contributed by atoms with Gasteiger partial charge in [-0.3, -0.25) is 0 Å². The van der Waals surface area contributed by atoms with Gasteiger partial charge in [-0.2, -0.15) is 17.5 Å². The molecule has 8 heteroatoms. The van der Waals surface area contributed by atoms with E-state index in [1.165, 1.54) is 16.4 Å². The van der Waals surface area contributed by atoms with Gasteiger partial charge in [-0.1, -0.05) is 12.1 Å². The third-order valence-corrected chi connectivity index (χ3v) is 6.03. The zero-order valence-corrected chi connectivity index (χ0v) is 11.9. The number of halogens is 3. The van der Waals surface area contributed by atoms with Gasteiger partial charge in [0.2, 0.25) is 10.0 Å². The third-order valence-electron chi connectivity index (χ3n) is 4.14. The number of alkyl halides is 3. The maximum atomic E-state index is 13.0. The summed E-state index contributed by atoms with van der Waals surface area (Å²) in [4.78, 5) is -0.655. The Balaban J connectivity index is 1.97. The third kappa shape index (κ3) is 2.56. The molecule has 0 amide bonds. The SMILES string of the molecule is O=S(=O)(c1ccccc1C(F)(F)F)N1C[C@@H]2CCN[C@@H]2C1. The first-order valence-electron chi connectivity index (χ1n) is 6.70. The first-order chi connectivity index (χ1) is 9.80. The Morgan fingerprint density at radius 1 is 1.19 bits per heavy atom. The lowest BCUT2D eigenvalue weighted by Crippen LogP contribution is -2.34. The van der Waals surface area contributed by atoms with E-state index in [-0.39, 0.29) is 25.0 Å². The van der Waals surface area contributed by atoms with Crippen molar-refractivity contribution < 1.29 is 21.6 Å². The summed E-state index contributed by atoms with van der Waals surface area (Å²) in [5, 5.41) is 3.19. The van der Waals surface area contributed by atoms with Crippen molar-refractivity contribution in [3.05, 3.63) is 29.8 Å². The zero-order chi connectivity index (χ0) is 15.3. The van der Waals surface area contributed by atoms with Crippen molar-refractivity contribution in [3.63, 3.8) is 0 Å². The summed E-state index contributed by atoms with van der Waals surface area (Å²) >= 11 is 0. The van der Waals surface area contributed by atoms with Crippen molar-refractivity contribution >= 4 is 10.0 Å². The van der Waals surface area contributed by atoms with E-state index in [1.54, 1.807) is 0 Å². The molecule has 0 unspecified atom stereocenters. The molecule has 2 saturated heterocycles. The Morgan fingerprint density at radius 3 is 2.57 bits per heavy atom. The zero-order valence-electron chi connectivity index (χ0n) is 11.1. The largest absolute Gasteiger partial charge is 0.417 e. The minimum atomic E-state index is -4.68. The van der Waals surface area contributed by atoms with E-state index in [4.69, 9.17) is 0 Å². The van der Waals surface area contributed by atoms with E-state index >= 15 is 0 Å². The molecule has 1 N–H and O–H groups in total. The molecule has 1 aromatic carbocycles. The molecule has 2 fully saturated rings. The lowest BCUT2D eigenvalue weighted by molar-refractivity contribution is -0.139. The van der Waals surface area contributed by atoms with Crippen LogP contribution >= 0.6 is 0 Å². The van der Waals surface area contributed by atoms with E-state index in [2.05, 4.69) is 5.32 Å². The second-order valence-electron chi connectivity index (χ2n) is 5.43. The average Bonchev–Trinajstić information content (AvgIpc) is 2.98. The summed E-state index contributed by atoms with van der Waals surface area (Å²) in [6.07, 6.45) is -3.82. The number of rotatable bonds is 2. The average molecular weight is 320 g/mol. The molecule has 2 atom stereocenters. The highest BCUT2D eigenvalue weighted by molar-refractivity contribution is 7.89. The van der Waals surface area contributed by atoms with Gasteiger partial charge in [0.15, 0.2) is 0 Å². The second kappa shape index (κ2) is 4.96. The Kier molecular flexibility index (Phi) is 3.50. The minimum absolute atomic E-state index is 0.0535. The molecule has 0 aliphatic carbocycles. The second-order valence-corrected chi connectivity index (χ2v) is 7.33. The molecule has 0 radical (unpaired) electrons. The highest BCUT2D eigenvalue weighted by atomic mass is 32.2. The molecule has 0 saturated carbocycles. The van der Waals surface area contributed by atoms with E-state index in [1.807, 2.05) is 0 Å². The number of benzene rings is 1. The molecule has 2 heterocycles. The molecular formula is C13H15F3N2O2S. The molecule has 4 nitrogen and oxygen atoms in total. The van der Waals surface area contributed by atoms with E-state index in [9.17, 15) is 21.6 Å². The Morgan fingerprint density at radius 2 is 1.90 bits per heavy atom. The number of hydrogen-bond acceptors (Lipinski definition) is 3. The molecular weight excluding hydrogens is 305 g/mol. The molecule has 0 aromatic heterocycles. The summed E-state index contributed by atoms with van der Waals surface area (Å²) in [6, 6.07) is 4.40. The fourth-order valence-electron chi connectivity index (χ4n) is 3.07. The van der Waals surface area contributed by atoms with Crippen molar-refractivity contribution in [1.29, 1.82) is 0 Å². The number of sulfonamides is 1. The van der Waals surface area contributed by atoms with Crippen LogP contribution in [0, 0.1) is 5.92 Å². The summed E-state index contributed by atoms with van der Waals surface area (Å²) < 4.78 is 65.2. The Hall–Kier alpha value is -1.12. The molecule has 21 heavy (non-hydrogen) atoms. The van der Waals surface area contributed by atoms with Gasteiger partial charge in [-0.15, -0.1) is 0 Å². The Labute approximate surface area is 121 Å². The van der Waals surface area contributed by atoms with Crippen molar-refractivity contribution in [3.8, 4) is 0 Å². The van der Waals surface area contributed by atoms with Crippen LogP contribution in [0.2, 0.25) is 0 Å². The summed E-state index contributed by atoms with van der Waals surface area (Å²) in [7, 11) is -4.12. The summed E-state index contributed by atoms with van der Waals surface area (Å²) in [5.74, 6) is 0.192. The molecule has 2 aliphatic rings. The van der Waals surface area contributed by atoms with Gasteiger partial charge in [0.05, 0.1) is 10.5 Å². The van der Waals surface area contributed by atoms with Gasteiger partial charge in [-0.05, 0) is 31.0 Å². The number of hydrogen-bond donors (Lipinski definition) is 1. The van der Waals surface area contributed by atoms with Crippen LogP contribution in [0.5, 0.6) is 0 Å². The van der Waals surface area contributed by atoms with Gasteiger partial charge in [0.1, 0.15) is 0 Å². The van der Waals surface area contributed by atoms with Crippen LogP contribution in [0.4, 0.5) is 13.2 Å². The smallest absolute Gasteiger partial charge is 0.312 e. The number of nitrogens with zero attached hydrogens (tertiary/aromatic N) is 1. The minimum Gasteiger partial charge on any atom is -0.312 e. The van der Waals surface area contributed by atoms with Crippen molar-refractivity contribution in [2.45, 2.75) is 23.5 Å². The highest BCUT2D eigenvalue weighted by Crippen LogP contribution is 2.37. The molecule has 3 rings (SSSR count). The van der Waals surface area contributed by atoms with Crippen LogP contribution in [0.1, 0.15) is 12.0 Å². The lowest BCUT2D eigenvalue weighted by atomic mass is 10.1. The van der Waals surface area contributed by atoms with Gasteiger partial charge in [0.25, 0.3) is 0 Å². The summed E-state index contributed by atoms with van der Waals surface area (Å²) in [5.41, 5.74) is -1.10. The van der Waals surface area contributed by atoms with Crippen molar-refractivity contribution in [2.24, 2.45) is 5.92 Å². The maximum Gasteiger partial charge on any atom is 0.417 e. The molecule has 2 aliphatic heterocycles. The predicted molar refractivity (Wildman–Crippen MR) is 70.1 cm³/mol. The molecule has 1 aromatic rings. The van der Waals surface area contributed by atoms with Crippen LogP contribution < -0.4 is 5.32 Å². The fourth-order valence-corrected chi connectivity index (χ4v) is 4.81. The van der Waals surface area contributed by atoms with Crippen LogP contribution in [0.25, 0.3) is 0 Å². The van der Waals surface area contributed by atoms with Crippen molar-refractivity contribution in [1.82, 2.24) is 9.62 Å². The van der Waals surface area contributed by atoms with Crippen LogP contribution in [0.15, 0.2) is 29.2 Å². The standard InChI is InChI=1S/C13H15F3N2O2S/c14-13(15,16)10-3-1-2-4-12(10)21(19,20)18-7-9-5-6-17-11(9)8-18/h1-4,9,11,17H,5-8H2/t9-,11+/m0/s1. The van der Waals surface area contributed by atoms with E-state index in [0.29, 0.717) is 0 Å². The highest BCUT2D eigenvalue weighted by Gasteiger charge is 2.44. The first-order valence-corrected chi connectivity index (χ1v) is 8.14. The molecule has 0 spiro atoms. The number of nitrogens with one attached hydrogen (secondary N) is 1. The quantitative estimate of drug-likeness (QED) is 0.902. The Bertz CT molecular complexity index is 633. The van der Waals surface area contributed by atoms with Gasteiger partial charge >= 0.3 is 6.18 Å². The van der Waals surface area contributed by atoms with Crippen molar-refractivity contribution in [2.75, 3.05) is 19.6 Å². The summed E-state index contributed by atoms with van der Waals surface area (Å²) in [6.45, 7) is 1.35. The van der Waals surface area contributed by atoms with Crippen LogP contribution in [-0.2, 0) is 16.2 Å². The monoisotopic (exact) mass is 320 g/mol. The van der Waals surface area contributed by atoms with Crippen LogP contribution in [0.3, 0.4) is 0 Å². The first kappa shape index (κ1) is 14.8. The lowest BCUT2D eigenvalue weighted by Gasteiger charge is -2.20. The molecule has 116 valence electrons. The normalized spacial score (nSPS) is 27.0. The fraction of sp³-hybridized carbons (Fsp3) is 0.538. The topological polar surface area (TPSA) is 49.4 Å². The maximum absolute atomic E-state index is 13.0. The van der Waals surface area contributed by atoms with Gasteiger partial charge in [0, 0.05) is 19.1 Å². The molecule has 0 bridgehead atoms. The van der Waals surface area contributed by atoms with Gasteiger partial charge < -0.3 is 5.32 Å². The predicted octanol–water partition coefficient (Wildman–Crippen LogP) is 1.69. The van der Waals surface area contributed by atoms with E-state index in [0.717, 1.165) is 25.1 Å². The van der Waals surface area contributed by atoms with E-state index < -0.39 is 26.7 Å².